The highest BCUT2D eigenvalue weighted by atomic mass is 127. The minimum absolute atomic E-state index is 0. The molecule has 0 amide bonds. The van der Waals surface area contributed by atoms with Crippen molar-refractivity contribution in [3.63, 3.8) is 0 Å². The van der Waals surface area contributed by atoms with Crippen molar-refractivity contribution in [2.75, 3.05) is 40.0 Å². The first kappa shape index (κ1) is 23.0. The van der Waals surface area contributed by atoms with Gasteiger partial charge in [-0.1, -0.05) is 26.0 Å². The molecule has 0 aromatic heterocycles. The molecule has 1 fully saturated rings. The van der Waals surface area contributed by atoms with Crippen molar-refractivity contribution in [1.29, 1.82) is 0 Å². The molecule has 0 saturated carbocycles. The monoisotopic (exact) mass is 475 g/mol. The summed E-state index contributed by atoms with van der Waals surface area (Å²) in [6, 6.07) is 8.54. The van der Waals surface area contributed by atoms with Crippen LogP contribution in [-0.2, 0) is 10.2 Å². The molecule has 1 aromatic carbocycles. The van der Waals surface area contributed by atoms with Crippen molar-refractivity contribution in [1.82, 2.24) is 10.6 Å². The summed E-state index contributed by atoms with van der Waals surface area (Å²) in [5.74, 6) is 2.38. The highest BCUT2D eigenvalue weighted by molar-refractivity contribution is 14.0. The Kier molecular flexibility index (Phi) is 10.3. The van der Waals surface area contributed by atoms with E-state index in [0.717, 1.165) is 50.9 Å². The third kappa shape index (κ3) is 6.61. The molecule has 1 aromatic rings. The van der Waals surface area contributed by atoms with Crippen molar-refractivity contribution in [3.8, 4) is 5.75 Å². The normalized spacial score (nSPS) is 16.7. The average molecular weight is 475 g/mol. The van der Waals surface area contributed by atoms with E-state index in [0.29, 0.717) is 12.5 Å². The maximum atomic E-state index is 5.62. The molecule has 0 bridgehead atoms. The van der Waals surface area contributed by atoms with Gasteiger partial charge in [0, 0.05) is 38.8 Å². The number of halogens is 1. The Hall–Kier alpha value is -1.02. The lowest BCUT2D eigenvalue weighted by Gasteiger charge is -2.38. The van der Waals surface area contributed by atoms with Gasteiger partial charge in [-0.15, -0.1) is 24.0 Å². The van der Waals surface area contributed by atoms with Crippen molar-refractivity contribution in [3.05, 3.63) is 29.8 Å². The highest BCUT2D eigenvalue weighted by Crippen LogP contribution is 2.35. The number of ether oxygens (including phenoxy) is 2. The summed E-state index contributed by atoms with van der Waals surface area (Å²) in [5.41, 5.74) is 1.41. The predicted octanol–water partition coefficient (Wildman–Crippen LogP) is 3.57. The molecule has 0 atom stereocenters. The van der Waals surface area contributed by atoms with Crippen LogP contribution in [0.4, 0.5) is 0 Å². The second kappa shape index (κ2) is 11.6. The molecule has 26 heavy (non-hydrogen) atoms. The summed E-state index contributed by atoms with van der Waals surface area (Å²) in [6.07, 6.45) is 2.02. The fraction of sp³-hybridized carbons (Fsp3) is 0.650. The molecule has 1 aliphatic heterocycles. The van der Waals surface area contributed by atoms with Gasteiger partial charge in [0.25, 0.3) is 0 Å². The molecule has 2 N–H and O–H groups in total. The summed E-state index contributed by atoms with van der Waals surface area (Å²) >= 11 is 0. The topological polar surface area (TPSA) is 54.9 Å². The van der Waals surface area contributed by atoms with Gasteiger partial charge in [0.2, 0.25) is 0 Å². The van der Waals surface area contributed by atoms with Crippen molar-refractivity contribution < 1.29 is 9.47 Å². The van der Waals surface area contributed by atoms with Crippen LogP contribution in [-0.4, -0.2) is 45.9 Å². The molecule has 1 heterocycles. The van der Waals surface area contributed by atoms with Crippen LogP contribution in [0.25, 0.3) is 0 Å². The SMILES string of the molecule is CCOc1ccc(C2(CNC(=NC)NCC(C)C)CCOCC2)cc1.I. The maximum absolute atomic E-state index is 5.62. The molecule has 0 aliphatic carbocycles. The van der Waals surface area contributed by atoms with E-state index in [-0.39, 0.29) is 29.4 Å². The standard InChI is InChI=1S/C20H33N3O2.HI/c1-5-25-18-8-6-17(7-9-18)20(10-12-24-13-11-20)15-23-19(21-4)22-14-16(2)3;/h6-9,16H,5,10-15H2,1-4H3,(H2,21,22,23);1H. The molecule has 148 valence electrons. The Morgan fingerprint density at radius 2 is 1.85 bits per heavy atom. The van der Waals surface area contributed by atoms with E-state index in [4.69, 9.17) is 9.47 Å². The first-order valence-electron chi connectivity index (χ1n) is 9.35. The number of nitrogens with zero attached hydrogens (tertiary/aromatic N) is 1. The maximum Gasteiger partial charge on any atom is 0.191 e. The van der Waals surface area contributed by atoms with Gasteiger partial charge in [0.15, 0.2) is 5.96 Å². The Morgan fingerprint density at radius 1 is 1.19 bits per heavy atom. The summed E-state index contributed by atoms with van der Waals surface area (Å²) in [7, 11) is 1.82. The van der Waals surface area contributed by atoms with E-state index in [1.807, 2.05) is 14.0 Å². The number of aliphatic imine (C=N–C) groups is 1. The van der Waals surface area contributed by atoms with Crippen LogP contribution in [0.3, 0.4) is 0 Å². The van der Waals surface area contributed by atoms with Crippen LogP contribution < -0.4 is 15.4 Å². The summed E-state index contributed by atoms with van der Waals surface area (Å²) < 4.78 is 11.2. The lowest BCUT2D eigenvalue weighted by molar-refractivity contribution is 0.0513. The Morgan fingerprint density at radius 3 is 2.38 bits per heavy atom. The summed E-state index contributed by atoms with van der Waals surface area (Å²) in [6.45, 7) is 10.5. The number of hydrogen-bond donors (Lipinski definition) is 2. The van der Waals surface area contributed by atoms with E-state index >= 15 is 0 Å². The molecular formula is C20H34IN3O2. The van der Waals surface area contributed by atoms with E-state index in [9.17, 15) is 0 Å². The van der Waals surface area contributed by atoms with Gasteiger partial charge < -0.3 is 20.1 Å². The molecule has 2 rings (SSSR count). The average Bonchev–Trinajstić information content (AvgIpc) is 2.63. The van der Waals surface area contributed by atoms with Crippen LogP contribution in [0.5, 0.6) is 5.75 Å². The van der Waals surface area contributed by atoms with Crippen molar-refractivity contribution in [2.24, 2.45) is 10.9 Å². The van der Waals surface area contributed by atoms with E-state index < -0.39 is 0 Å². The van der Waals surface area contributed by atoms with Gasteiger partial charge >= 0.3 is 0 Å². The molecule has 5 nitrogen and oxygen atoms in total. The quantitative estimate of drug-likeness (QED) is 0.360. The smallest absolute Gasteiger partial charge is 0.191 e. The van der Waals surface area contributed by atoms with E-state index in [2.05, 4.69) is 53.7 Å². The molecular weight excluding hydrogens is 441 g/mol. The summed E-state index contributed by atoms with van der Waals surface area (Å²) in [5, 5.41) is 6.92. The molecule has 6 heteroatoms. The molecule has 0 spiro atoms. The number of rotatable bonds is 7. The molecule has 1 saturated heterocycles. The number of benzene rings is 1. The lowest BCUT2D eigenvalue weighted by Crippen LogP contribution is -2.48. The number of guanidine groups is 1. The molecule has 1 aliphatic rings. The third-order valence-electron chi connectivity index (χ3n) is 4.72. The molecule has 0 unspecified atom stereocenters. The molecule has 0 radical (unpaired) electrons. The van der Waals surface area contributed by atoms with Crippen LogP contribution in [0.2, 0.25) is 0 Å². The third-order valence-corrected chi connectivity index (χ3v) is 4.72. The Labute approximate surface area is 175 Å². The second-order valence-electron chi connectivity index (χ2n) is 7.05. The van der Waals surface area contributed by atoms with Crippen LogP contribution in [0.15, 0.2) is 29.3 Å². The first-order chi connectivity index (χ1) is 12.1. The van der Waals surface area contributed by atoms with Crippen molar-refractivity contribution in [2.45, 2.75) is 39.0 Å². The van der Waals surface area contributed by atoms with Crippen LogP contribution in [0, 0.1) is 5.92 Å². The fourth-order valence-corrected chi connectivity index (χ4v) is 3.18. The van der Waals surface area contributed by atoms with Gasteiger partial charge in [-0.25, -0.2) is 0 Å². The zero-order chi connectivity index (χ0) is 18.1. The lowest BCUT2D eigenvalue weighted by atomic mass is 9.74. The van der Waals surface area contributed by atoms with Gasteiger partial charge in [-0.3, -0.25) is 4.99 Å². The van der Waals surface area contributed by atoms with Gasteiger partial charge in [0.05, 0.1) is 6.61 Å². The van der Waals surface area contributed by atoms with Crippen molar-refractivity contribution >= 4 is 29.9 Å². The van der Waals surface area contributed by atoms with Crippen LogP contribution >= 0.6 is 24.0 Å². The minimum atomic E-state index is 0. The Bertz CT molecular complexity index is 540. The number of hydrogen-bond acceptors (Lipinski definition) is 3. The highest BCUT2D eigenvalue weighted by Gasteiger charge is 2.34. The fourth-order valence-electron chi connectivity index (χ4n) is 3.18. The van der Waals surface area contributed by atoms with E-state index in [1.54, 1.807) is 0 Å². The zero-order valence-corrected chi connectivity index (χ0v) is 18.8. The van der Waals surface area contributed by atoms with E-state index in [1.165, 1.54) is 5.56 Å². The zero-order valence-electron chi connectivity index (χ0n) is 16.5. The van der Waals surface area contributed by atoms with Gasteiger partial charge in [-0.05, 0) is 43.4 Å². The Balaban J connectivity index is 0.00000338. The second-order valence-corrected chi connectivity index (χ2v) is 7.05. The predicted molar refractivity (Wildman–Crippen MR) is 119 cm³/mol. The largest absolute Gasteiger partial charge is 0.494 e. The number of nitrogens with one attached hydrogen (secondary N) is 2. The first-order valence-corrected chi connectivity index (χ1v) is 9.35. The van der Waals surface area contributed by atoms with Gasteiger partial charge in [-0.2, -0.15) is 0 Å². The van der Waals surface area contributed by atoms with Gasteiger partial charge in [0.1, 0.15) is 5.75 Å². The summed E-state index contributed by atoms with van der Waals surface area (Å²) in [4.78, 5) is 4.35. The van der Waals surface area contributed by atoms with Crippen LogP contribution in [0.1, 0.15) is 39.2 Å². The minimum Gasteiger partial charge on any atom is -0.494 e.